The van der Waals surface area contributed by atoms with Crippen molar-refractivity contribution in [2.75, 3.05) is 0 Å². The molecule has 0 aliphatic heterocycles. The summed E-state index contributed by atoms with van der Waals surface area (Å²) in [5, 5.41) is 10.9. The van der Waals surface area contributed by atoms with E-state index in [1.807, 2.05) is 6.92 Å². The van der Waals surface area contributed by atoms with E-state index in [1.54, 1.807) is 6.08 Å². The Hall–Kier alpha value is -1.07. The van der Waals surface area contributed by atoms with Crippen molar-refractivity contribution in [3.63, 3.8) is 0 Å². The predicted octanol–water partition coefficient (Wildman–Crippen LogP) is 3.10. The van der Waals surface area contributed by atoms with E-state index >= 15 is 0 Å². The van der Waals surface area contributed by atoms with Crippen LogP contribution in [0.25, 0.3) is 0 Å². The standard InChI is InChI=1S/C17H24O2/c1-5-6-7-8-9-10-17(19)12(2)11-13(18)14-15(17)16(14,3)4/h11,14-15,19H,5-8H2,1-4H3/t14-,15+,17-/m0/s1. The van der Waals surface area contributed by atoms with Gasteiger partial charge in [-0.3, -0.25) is 4.79 Å². The number of rotatable bonds is 3. The summed E-state index contributed by atoms with van der Waals surface area (Å²) >= 11 is 0. The smallest absolute Gasteiger partial charge is 0.159 e. The highest BCUT2D eigenvalue weighted by Crippen LogP contribution is 2.66. The Morgan fingerprint density at radius 2 is 2.05 bits per heavy atom. The van der Waals surface area contributed by atoms with Crippen LogP contribution in [0.4, 0.5) is 0 Å². The topological polar surface area (TPSA) is 37.3 Å². The lowest BCUT2D eigenvalue weighted by Gasteiger charge is -2.27. The van der Waals surface area contributed by atoms with Crippen molar-refractivity contribution in [2.45, 2.75) is 59.0 Å². The Morgan fingerprint density at radius 3 is 2.68 bits per heavy atom. The van der Waals surface area contributed by atoms with E-state index in [4.69, 9.17) is 0 Å². The maximum Gasteiger partial charge on any atom is 0.159 e. The SMILES string of the molecule is CCCCCC#C[C@]1(O)C(C)=CC(=O)[C@H]2[C@@H]1C2(C)C. The monoisotopic (exact) mass is 260 g/mol. The van der Waals surface area contributed by atoms with Crippen molar-refractivity contribution in [2.24, 2.45) is 17.3 Å². The second-order valence-corrected chi connectivity index (χ2v) is 6.53. The Balaban J connectivity index is 2.17. The fourth-order valence-corrected chi connectivity index (χ4v) is 3.44. The molecule has 2 rings (SSSR count). The number of carbonyl (C=O) groups excluding carboxylic acids is 1. The average molecular weight is 260 g/mol. The summed E-state index contributed by atoms with van der Waals surface area (Å²) in [5.74, 6) is 6.25. The minimum Gasteiger partial charge on any atom is -0.373 e. The van der Waals surface area contributed by atoms with E-state index in [1.165, 1.54) is 12.8 Å². The molecule has 0 aromatic carbocycles. The van der Waals surface area contributed by atoms with Gasteiger partial charge in [0.1, 0.15) is 0 Å². The lowest BCUT2D eigenvalue weighted by Crippen LogP contribution is -2.36. The molecule has 2 heteroatoms. The molecule has 3 atom stereocenters. The number of hydrogen-bond donors (Lipinski definition) is 1. The van der Waals surface area contributed by atoms with Crippen molar-refractivity contribution in [1.82, 2.24) is 0 Å². The second-order valence-electron chi connectivity index (χ2n) is 6.53. The van der Waals surface area contributed by atoms with Gasteiger partial charge in [0.05, 0.1) is 0 Å². The molecular weight excluding hydrogens is 236 g/mol. The number of aliphatic hydroxyl groups is 1. The van der Waals surface area contributed by atoms with Gasteiger partial charge in [0.25, 0.3) is 0 Å². The number of allylic oxidation sites excluding steroid dienone is 1. The zero-order chi connectivity index (χ0) is 14.3. The van der Waals surface area contributed by atoms with Gasteiger partial charge in [-0.05, 0) is 30.4 Å². The molecule has 0 bridgehead atoms. The second kappa shape index (κ2) is 4.80. The van der Waals surface area contributed by atoms with E-state index in [9.17, 15) is 9.90 Å². The number of fused-ring (bicyclic) bond motifs is 1. The number of hydrogen-bond acceptors (Lipinski definition) is 2. The fourth-order valence-electron chi connectivity index (χ4n) is 3.44. The van der Waals surface area contributed by atoms with E-state index in [0.717, 1.165) is 12.8 Å². The average Bonchev–Trinajstić information content (AvgIpc) is 2.91. The molecule has 1 saturated carbocycles. The maximum atomic E-state index is 11.9. The summed E-state index contributed by atoms with van der Waals surface area (Å²) in [6.07, 6.45) is 5.86. The number of ketones is 1. The van der Waals surface area contributed by atoms with Gasteiger partial charge in [0, 0.05) is 18.3 Å². The third-order valence-corrected chi connectivity index (χ3v) is 4.73. The third-order valence-electron chi connectivity index (χ3n) is 4.73. The molecule has 19 heavy (non-hydrogen) atoms. The fraction of sp³-hybridized carbons (Fsp3) is 0.706. The Bertz CT molecular complexity index is 475. The van der Waals surface area contributed by atoms with Crippen LogP contribution in [0.2, 0.25) is 0 Å². The first-order chi connectivity index (χ1) is 8.85. The molecule has 1 fully saturated rings. The maximum absolute atomic E-state index is 11.9. The molecule has 0 spiro atoms. The number of carbonyl (C=O) groups is 1. The molecule has 0 aromatic rings. The third kappa shape index (κ3) is 2.25. The van der Waals surface area contributed by atoms with Crippen molar-refractivity contribution >= 4 is 5.78 Å². The van der Waals surface area contributed by atoms with Crippen LogP contribution >= 0.6 is 0 Å². The molecule has 0 unspecified atom stereocenters. The van der Waals surface area contributed by atoms with Crippen LogP contribution in [-0.2, 0) is 4.79 Å². The first-order valence-electron chi connectivity index (χ1n) is 7.30. The summed E-state index contributed by atoms with van der Waals surface area (Å²) < 4.78 is 0. The molecule has 0 amide bonds. The van der Waals surface area contributed by atoms with Crippen LogP contribution in [0.15, 0.2) is 11.6 Å². The van der Waals surface area contributed by atoms with Crippen molar-refractivity contribution < 1.29 is 9.90 Å². The molecule has 0 heterocycles. The Morgan fingerprint density at radius 1 is 1.37 bits per heavy atom. The van der Waals surface area contributed by atoms with Gasteiger partial charge < -0.3 is 5.11 Å². The van der Waals surface area contributed by atoms with E-state index < -0.39 is 5.60 Å². The van der Waals surface area contributed by atoms with Crippen LogP contribution in [0.5, 0.6) is 0 Å². The molecule has 2 aliphatic carbocycles. The van der Waals surface area contributed by atoms with E-state index in [2.05, 4.69) is 32.6 Å². The lowest BCUT2D eigenvalue weighted by atomic mass is 9.82. The van der Waals surface area contributed by atoms with Gasteiger partial charge in [0.2, 0.25) is 0 Å². The quantitative estimate of drug-likeness (QED) is 0.625. The van der Waals surface area contributed by atoms with Crippen LogP contribution in [0.1, 0.15) is 53.4 Å². The van der Waals surface area contributed by atoms with Gasteiger partial charge in [-0.15, -0.1) is 0 Å². The van der Waals surface area contributed by atoms with Gasteiger partial charge in [-0.1, -0.05) is 45.5 Å². The van der Waals surface area contributed by atoms with E-state index in [-0.39, 0.29) is 23.0 Å². The van der Waals surface area contributed by atoms with E-state index in [0.29, 0.717) is 5.57 Å². The van der Waals surface area contributed by atoms with Crippen molar-refractivity contribution in [3.05, 3.63) is 11.6 Å². The molecule has 0 aromatic heterocycles. The van der Waals surface area contributed by atoms with Gasteiger partial charge in [-0.2, -0.15) is 0 Å². The molecule has 0 saturated heterocycles. The van der Waals surface area contributed by atoms with Gasteiger partial charge >= 0.3 is 0 Å². The Kier molecular flexibility index (Phi) is 3.62. The molecule has 0 radical (unpaired) electrons. The zero-order valence-corrected chi connectivity index (χ0v) is 12.4. The minimum absolute atomic E-state index is 0.0313. The minimum atomic E-state index is -1.09. The summed E-state index contributed by atoms with van der Waals surface area (Å²) in [6.45, 7) is 8.09. The van der Waals surface area contributed by atoms with Crippen LogP contribution in [0, 0.1) is 29.1 Å². The first kappa shape index (κ1) is 14.3. The summed E-state index contributed by atoms with van der Waals surface area (Å²) in [6, 6.07) is 0. The summed E-state index contributed by atoms with van der Waals surface area (Å²) in [7, 11) is 0. The summed E-state index contributed by atoms with van der Waals surface area (Å²) in [4.78, 5) is 11.9. The van der Waals surface area contributed by atoms with Crippen LogP contribution in [0.3, 0.4) is 0 Å². The van der Waals surface area contributed by atoms with Gasteiger partial charge in [-0.25, -0.2) is 0 Å². The highest BCUT2D eigenvalue weighted by molar-refractivity contribution is 5.98. The first-order valence-corrected chi connectivity index (χ1v) is 7.30. The lowest BCUT2D eigenvalue weighted by molar-refractivity contribution is -0.117. The summed E-state index contributed by atoms with van der Waals surface area (Å²) in [5.41, 5.74) is -0.501. The normalized spacial score (nSPS) is 35.0. The molecule has 2 aliphatic rings. The molecule has 1 N–H and O–H groups in total. The molecular formula is C17H24O2. The van der Waals surface area contributed by atoms with Crippen LogP contribution in [-0.4, -0.2) is 16.5 Å². The highest BCUT2D eigenvalue weighted by atomic mass is 16.3. The number of unbranched alkanes of at least 4 members (excludes halogenated alkanes) is 3. The Labute approximate surface area is 116 Å². The largest absolute Gasteiger partial charge is 0.373 e. The molecule has 2 nitrogen and oxygen atoms in total. The predicted molar refractivity (Wildman–Crippen MR) is 76.4 cm³/mol. The zero-order valence-electron chi connectivity index (χ0n) is 12.4. The highest BCUT2D eigenvalue weighted by Gasteiger charge is 2.70. The van der Waals surface area contributed by atoms with Crippen molar-refractivity contribution in [1.29, 1.82) is 0 Å². The van der Waals surface area contributed by atoms with Crippen molar-refractivity contribution in [3.8, 4) is 11.8 Å². The molecule has 104 valence electrons. The van der Waals surface area contributed by atoms with Crippen LogP contribution < -0.4 is 0 Å². The van der Waals surface area contributed by atoms with Gasteiger partial charge in [0.15, 0.2) is 11.4 Å².